The SMILES string of the molecule is C[C@@H](c1ccccc1)N(C)C(=O)CN1C(=O)N[C@@](C)(c2ccc([N+](=O)[O-])cc2)C1=O. The minimum absolute atomic E-state index is 0.123. The number of carbonyl (C=O) groups is 3. The molecule has 30 heavy (non-hydrogen) atoms. The van der Waals surface area contributed by atoms with Crippen molar-refractivity contribution in [1.82, 2.24) is 15.1 Å². The summed E-state index contributed by atoms with van der Waals surface area (Å²) in [6.07, 6.45) is 0. The maximum Gasteiger partial charge on any atom is 0.325 e. The maximum atomic E-state index is 13.0. The summed E-state index contributed by atoms with van der Waals surface area (Å²) in [6.45, 7) is 2.97. The van der Waals surface area contributed by atoms with Crippen LogP contribution in [0.4, 0.5) is 10.5 Å². The Morgan fingerprint density at radius 2 is 1.77 bits per heavy atom. The third-order valence-corrected chi connectivity index (χ3v) is 5.48. The number of benzene rings is 2. The molecular weight excluding hydrogens is 388 g/mol. The van der Waals surface area contributed by atoms with Gasteiger partial charge >= 0.3 is 6.03 Å². The number of nitro groups is 1. The third-order valence-electron chi connectivity index (χ3n) is 5.48. The van der Waals surface area contributed by atoms with Crippen LogP contribution in [0.15, 0.2) is 54.6 Å². The predicted octanol–water partition coefficient (Wildman–Crippen LogP) is 2.58. The molecule has 0 bridgehead atoms. The van der Waals surface area contributed by atoms with E-state index in [1.165, 1.54) is 36.1 Å². The molecule has 4 amide bonds. The molecule has 156 valence electrons. The van der Waals surface area contributed by atoms with Crippen molar-refractivity contribution in [3.63, 3.8) is 0 Å². The first kappa shape index (κ1) is 21.0. The molecule has 0 aliphatic carbocycles. The predicted molar refractivity (Wildman–Crippen MR) is 108 cm³/mol. The second-order valence-corrected chi connectivity index (χ2v) is 7.34. The van der Waals surface area contributed by atoms with Crippen LogP contribution in [-0.2, 0) is 15.1 Å². The molecule has 0 aromatic heterocycles. The van der Waals surface area contributed by atoms with Gasteiger partial charge < -0.3 is 10.2 Å². The number of non-ortho nitro benzene ring substituents is 1. The van der Waals surface area contributed by atoms with E-state index in [1.54, 1.807) is 7.05 Å². The Balaban J connectivity index is 1.75. The molecule has 1 aliphatic rings. The Morgan fingerprint density at radius 1 is 1.17 bits per heavy atom. The second-order valence-electron chi connectivity index (χ2n) is 7.34. The van der Waals surface area contributed by atoms with Gasteiger partial charge in [-0.2, -0.15) is 0 Å². The lowest BCUT2D eigenvalue weighted by Gasteiger charge is -2.27. The Labute approximate surface area is 173 Å². The van der Waals surface area contributed by atoms with Crippen molar-refractivity contribution in [3.05, 3.63) is 75.8 Å². The number of rotatable bonds is 6. The highest BCUT2D eigenvalue weighted by Gasteiger charge is 2.49. The van der Waals surface area contributed by atoms with E-state index in [2.05, 4.69) is 5.32 Å². The summed E-state index contributed by atoms with van der Waals surface area (Å²) in [5, 5.41) is 13.4. The van der Waals surface area contributed by atoms with Crippen LogP contribution >= 0.6 is 0 Å². The van der Waals surface area contributed by atoms with Crippen LogP contribution in [0.3, 0.4) is 0 Å². The first-order chi connectivity index (χ1) is 14.1. The van der Waals surface area contributed by atoms with E-state index < -0.39 is 28.9 Å². The molecule has 2 atom stereocenters. The lowest BCUT2D eigenvalue weighted by molar-refractivity contribution is -0.384. The molecule has 0 radical (unpaired) electrons. The zero-order valence-electron chi connectivity index (χ0n) is 16.9. The first-order valence-corrected chi connectivity index (χ1v) is 9.35. The van der Waals surface area contributed by atoms with Crippen LogP contribution in [0.2, 0.25) is 0 Å². The highest BCUT2D eigenvalue weighted by molar-refractivity contribution is 6.09. The van der Waals surface area contributed by atoms with E-state index in [1.807, 2.05) is 37.3 Å². The maximum absolute atomic E-state index is 13.0. The van der Waals surface area contributed by atoms with Gasteiger partial charge in [0.15, 0.2) is 0 Å². The van der Waals surface area contributed by atoms with Gasteiger partial charge in [0.25, 0.3) is 11.6 Å². The fourth-order valence-electron chi connectivity index (χ4n) is 3.37. The molecule has 0 spiro atoms. The normalized spacial score (nSPS) is 19.4. The molecule has 1 N–H and O–H groups in total. The van der Waals surface area contributed by atoms with E-state index in [-0.39, 0.29) is 17.6 Å². The largest absolute Gasteiger partial charge is 0.337 e. The van der Waals surface area contributed by atoms with Crippen molar-refractivity contribution >= 4 is 23.5 Å². The van der Waals surface area contributed by atoms with Crippen molar-refractivity contribution < 1.29 is 19.3 Å². The van der Waals surface area contributed by atoms with Crippen molar-refractivity contribution in [1.29, 1.82) is 0 Å². The number of nitrogens with one attached hydrogen (secondary N) is 1. The van der Waals surface area contributed by atoms with Gasteiger partial charge in [0.1, 0.15) is 12.1 Å². The molecular formula is C21H22N4O5. The lowest BCUT2D eigenvalue weighted by atomic mass is 9.92. The number of nitrogens with zero attached hydrogens (tertiary/aromatic N) is 3. The van der Waals surface area contributed by atoms with Crippen molar-refractivity contribution in [2.75, 3.05) is 13.6 Å². The van der Waals surface area contributed by atoms with Crippen molar-refractivity contribution in [2.24, 2.45) is 0 Å². The molecule has 1 aliphatic heterocycles. The molecule has 2 aromatic rings. The van der Waals surface area contributed by atoms with Crippen LogP contribution < -0.4 is 5.32 Å². The number of amides is 4. The molecule has 0 unspecified atom stereocenters. The van der Waals surface area contributed by atoms with Crippen molar-refractivity contribution in [2.45, 2.75) is 25.4 Å². The summed E-state index contributed by atoms with van der Waals surface area (Å²) in [4.78, 5) is 50.9. The number of hydrogen-bond acceptors (Lipinski definition) is 5. The average Bonchev–Trinajstić information content (AvgIpc) is 2.97. The van der Waals surface area contributed by atoms with Gasteiger partial charge in [0, 0.05) is 19.2 Å². The zero-order valence-corrected chi connectivity index (χ0v) is 16.9. The van der Waals surface area contributed by atoms with Crippen LogP contribution in [0.1, 0.15) is 31.0 Å². The van der Waals surface area contributed by atoms with E-state index in [0.29, 0.717) is 5.56 Å². The van der Waals surface area contributed by atoms with Gasteiger partial charge in [-0.15, -0.1) is 0 Å². The minimum Gasteiger partial charge on any atom is -0.337 e. The lowest BCUT2D eigenvalue weighted by Crippen LogP contribution is -2.44. The summed E-state index contributed by atoms with van der Waals surface area (Å²) in [7, 11) is 1.62. The number of hydrogen-bond donors (Lipinski definition) is 1. The Kier molecular flexibility index (Phi) is 5.55. The van der Waals surface area contributed by atoms with Gasteiger partial charge in [0.05, 0.1) is 11.0 Å². The molecule has 3 rings (SSSR count). The second kappa shape index (κ2) is 7.94. The molecule has 1 fully saturated rings. The zero-order chi connectivity index (χ0) is 22.1. The van der Waals surface area contributed by atoms with Gasteiger partial charge in [0.2, 0.25) is 5.91 Å². The Hall–Kier alpha value is -3.75. The highest BCUT2D eigenvalue weighted by Crippen LogP contribution is 2.30. The number of carbonyl (C=O) groups excluding carboxylic acids is 3. The van der Waals surface area contributed by atoms with Crippen molar-refractivity contribution in [3.8, 4) is 0 Å². The minimum atomic E-state index is -1.41. The quantitative estimate of drug-likeness (QED) is 0.447. The van der Waals surface area contributed by atoms with Crippen LogP contribution in [0.25, 0.3) is 0 Å². The number of urea groups is 1. The fourth-order valence-corrected chi connectivity index (χ4v) is 3.37. The molecule has 2 aromatic carbocycles. The monoisotopic (exact) mass is 410 g/mol. The summed E-state index contributed by atoms with van der Waals surface area (Å²) in [6, 6.07) is 13.9. The van der Waals surface area contributed by atoms with E-state index >= 15 is 0 Å². The number of nitro benzene ring substituents is 1. The summed E-state index contributed by atoms with van der Waals surface area (Å²) < 4.78 is 0. The van der Waals surface area contributed by atoms with Gasteiger partial charge in [-0.05, 0) is 37.1 Å². The van der Waals surface area contributed by atoms with Crippen LogP contribution in [-0.4, -0.2) is 46.2 Å². The Bertz CT molecular complexity index is 992. The Morgan fingerprint density at radius 3 is 2.33 bits per heavy atom. The summed E-state index contributed by atoms with van der Waals surface area (Å²) in [5.41, 5.74) is -0.202. The third kappa shape index (κ3) is 3.73. The van der Waals surface area contributed by atoms with Crippen LogP contribution in [0.5, 0.6) is 0 Å². The fraction of sp³-hybridized carbons (Fsp3) is 0.286. The number of imide groups is 1. The average molecular weight is 410 g/mol. The topological polar surface area (TPSA) is 113 Å². The molecule has 1 saturated heterocycles. The molecule has 9 heteroatoms. The van der Waals surface area contributed by atoms with Crippen LogP contribution in [0, 0.1) is 10.1 Å². The van der Waals surface area contributed by atoms with Gasteiger partial charge in [-0.3, -0.25) is 24.6 Å². The summed E-state index contributed by atoms with van der Waals surface area (Å²) >= 11 is 0. The van der Waals surface area contributed by atoms with E-state index in [9.17, 15) is 24.5 Å². The highest BCUT2D eigenvalue weighted by atomic mass is 16.6. The smallest absolute Gasteiger partial charge is 0.325 e. The van der Waals surface area contributed by atoms with Gasteiger partial charge in [-0.1, -0.05) is 30.3 Å². The first-order valence-electron chi connectivity index (χ1n) is 9.35. The van der Waals surface area contributed by atoms with Gasteiger partial charge in [-0.25, -0.2) is 4.79 Å². The molecule has 0 saturated carbocycles. The standard InChI is InChI=1S/C21H22N4O5/c1-14(15-7-5-4-6-8-15)23(3)18(26)13-24-19(27)21(2,22-20(24)28)16-9-11-17(12-10-16)25(29)30/h4-12,14H,13H2,1-3H3,(H,22,28)/t14-,21-/m0/s1. The van der Waals surface area contributed by atoms with E-state index in [4.69, 9.17) is 0 Å². The number of likely N-dealkylation sites (N-methyl/N-ethyl adjacent to an activating group) is 1. The van der Waals surface area contributed by atoms with E-state index in [0.717, 1.165) is 10.5 Å². The molecule has 9 nitrogen and oxygen atoms in total. The molecule has 1 heterocycles. The summed E-state index contributed by atoms with van der Waals surface area (Å²) in [5.74, 6) is -0.974.